The Morgan fingerprint density at radius 1 is 1.42 bits per heavy atom. The van der Waals surface area contributed by atoms with Crippen LogP contribution in [0.25, 0.3) is 0 Å². The molecule has 1 rings (SSSR count). The van der Waals surface area contributed by atoms with Crippen LogP contribution in [0.3, 0.4) is 0 Å². The Morgan fingerprint density at radius 3 is 2.75 bits per heavy atom. The normalized spacial score (nSPS) is 18.9. The first-order chi connectivity index (χ1) is 5.70. The summed E-state index contributed by atoms with van der Waals surface area (Å²) < 4.78 is 0. The number of carbonyl (C=O) groups excluding carboxylic acids is 1. The monoisotopic (exact) mass is 169 g/mol. The van der Waals surface area contributed by atoms with Gasteiger partial charge in [0, 0.05) is 19.5 Å². The SMILES string of the molecule is CC(C)CCN1CCCCC1=O. The standard InChI is InChI=1S/C10H19NO/c1-9(2)6-8-11-7-4-3-5-10(11)12/h9H,3-8H2,1-2H3. The van der Waals surface area contributed by atoms with Crippen LogP contribution in [0.1, 0.15) is 39.5 Å². The molecule has 0 aromatic carbocycles. The zero-order chi connectivity index (χ0) is 8.97. The molecule has 1 amide bonds. The van der Waals surface area contributed by atoms with Gasteiger partial charge in [-0.1, -0.05) is 13.8 Å². The highest BCUT2D eigenvalue weighted by Crippen LogP contribution is 2.12. The molecule has 1 heterocycles. The maximum absolute atomic E-state index is 11.3. The molecule has 12 heavy (non-hydrogen) atoms. The molecule has 2 nitrogen and oxygen atoms in total. The first-order valence-electron chi connectivity index (χ1n) is 4.98. The van der Waals surface area contributed by atoms with Crippen LogP contribution in [0, 0.1) is 5.92 Å². The molecule has 0 N–H and O–H groups in total. The van der Waals surface area contributed by atoms with Crippen molar-refractivity contribution in [3.8, 4) is 0 Å². The maximum Gasteiger partial charge on any atom is 0.222 e. The van der Waals surface area contributed by atoms with Gasteiger partial charge in [0.25, 0.3) is 0 Å². The van der Waals surface area contributed by atoms with E-state index < -0.39 is 0 Å². The largest absolute Gasteiger partial charge is 0.343 e. The molecule has 0 unspecified atom stereocenters. The Kier molecular flexibility index (Phi) is 3.57. The number of hydrogen-bond acceptors (Lipinski definition) is 1. The summed E-state index contributed by atoms with van der Waals surface area (Å²) in [4.78, 5) is 13.4. The van der Waals surface area contributed by atoms with Gasteiger partial charge < -0.3 is 4.90 Å². The van der Waals surface area contributed by atoms with Crippen LogP contribution < -0.4 is 0 Å². The summed E-state index contributed by atoms with van der Waals surface area (Å²) in [6, 6.07) is 0. The average molecular weight is 169 g/mol. The number of nitrogens with zero attached hydrogens (tertiary/aromatic N) is 1. The molecule has 0 radical (unpaired) electrons. The number of hydrogen-bond donors (Lipinski definition) is 0. The lowest BCUT2D eigenvalue weighted by Crippen LogP contribution is -2.36. The first-order valence-corrected chi connectivity index (χ1v) is 4.98. The molecule has 0 aliphatic carbocycles. The van der Waals surface area contributed by atoms with Crippen molar-refractivity contribution in [2.24, 2.45) is 5.92 Å². The lowest BCUT2D eigenvalue weighted by molar-refractivity contribution is -0.133. The Bertz CT molecular complexity index is 154. The number of piperidine rings is 1. The van der Waals surface area contributed by atoms with Gasteiger partial charge in [0.1, 0.15) is 0 Å². The van der Waals surface area contributed by atoms with Crippen LogP contribution in [0.15, 0.2) is 0 Å². The van der Waals surface area contributed by atoms with Crippen molar-refractivity contribution < 1.29 is 4.79 Å². The van der Waals surface area contributed by atoms with E-state index in [-0.39, 0.29) is 0 Å². The lowest BCUT2D eigenvalue weighted by atomic mass is 10.1. The van der Waals surface area contributed by atoms with Crippen molar-refractivity contribution in [3.63, 3.8) is 0 Å². The predicted octanol–water partition coefficient (Wildman–Crippen LogP) is 2.04. The fourth-order valence-corrected chi connectivity index (χ4v) is 1.51. The molecule has 1 fully saturated rings. The minimum absolute atomic E-state index is 0.363. The second-order valence-corrected chi connectivity index (χ2v) is 4.02. The van der Waals surface area contributed by atoms with E-state index in [4.69, 9.17) is 0 Å². The van der Waals surface area contributed by atoms with E-state index in [1.807, 2.05) is 4.90 Å². The van der Waals surface area contributed by atoms with E-state index in [0.717, 1.165) is 32.4 Å². The van der Waals surface area contributed by atoms with Gasteiger partial charge in [-0.15, -0.1) is 0 Å². The molecule has 0 aromatic heterocycles. The summed E-state index contributed by atoms with van der Waals surface area (Å²) in [5.74, 6) is 1.07. The molecule has 0 aromatic rings. The van der Waals surface area contributed by atoms with E-state index in [1.54, 1.807) is 0 Å². The van der Waals surface area contributed by atoms with Gasteiger partial charge in [-0.05, 0) is 25.2 Å². The Morgan fingerprint density at radius 2 is 2.17 bits per heavy atom. The predicted molar refractivity (Wildman–Crippen MR) is 49.9 cm³/mol. The summed E-state index contributed by atoms with van der Waals surface area (Å²) in [5, 5.41) is 0. The van der Waals surface area contributed by atoms with Crippen LogP contribution in [0.5, 0.6) is 0 Å². The molecular formula is C10H19NO. The zero-order valence-corrected chi connectivity index (χ0v) is 8.18. The third-order valence-electron chi connectivity index (χ3n) is 2.40. The van der Waals surface area contributed by atoms with E-state index in [9.17, 15) is 4.79 Å². The van der Waals surface area contributed by atoms with Crippen molar-refractivity contribution >= 4 is 5.91 Å². The molecule has 2 heteroatoms. The minimum Gasteiger partial charge on any atom is -0.343 e. The summed E-state index contributed by atoms with van der Waals surface area (Å²) >= 11 is 0. The summed E-state index contributed by atoms with van der Waals surface area (Å²) in [5.41, 5.74) is 0. The van der Waals surface area contributed by atoms with Crippen LogP contribution >= 0.6 is 0 Å². The Labute approximate surface area is 74.9 Å². The smallest absolute Gasteiger partial charge is 0.222 e. The van der Waals surface area contributed by atoms with Gasteiger partial charge in [0.2, 0.25) is 5.91 Å². The summed E-state index contributed by atoms with van der Waals surface area (Å²) in [7, 11) is 0. The van der Waals surface area contributed by atoms with E-state index in [1.165, 1.54) is 6.42 Å². The molecule has 1 aliphatic heterocycles. The lowest BCUT2D eigenvalue weighted by Gasteiger charge is -2.27. The zero-order valence-electron chi connectivity index (χ0n) is 8.18. The van der Waals surface area contributed by atoms with Crippen molar-refractivity contribution in [3.05, 3.63) is 0 Å². The minimum atomic E-state index is 0.363. The van der Waals surface area contributed by atoms with Crippen molar-refractivity contribution in [2.75, 3.05) is 13.1 Å². The van der Waals surface area contributed by atoms with Crippen molar-refractivity contribution in [1.29, 1.82) is 0 Å². The summed E-state index contributed by atoms with van der Waals surface area (Å²) in [6.07, 6.45) is 4.21. The third kappa shape index (κ3) is 2.84. The molecule has 0 atom stereocenters. The number of rotatable bonds is 3. The quantitative estimate of drug-likeness (QED) is 0.633. The van der Waals surface area contributed by atoms with Gasteiger partial charge in [0.15, 0.2) is 0 Å². The highest BCUT2D eigenvalue weighted by atomic mass is 16.2. The molecule has 1 saturated heterocycles. The van der Waals surface area contributed by atoms with Gasteiger partial charge in [-0.3, -0.25) is 4.79 Å². The number of amides is 1. The van der Waals surface area contributed by atoms with Crippen molar-refractivity contribution in [2.45, 2.75) is 39.5 Å². The van der Waals surface area contributed by atoms with Crippen LogP contribution in [0.2, 0.25) is 0 Å². The van der Waals surface area contributed by atoms with Gasteiger partial charge in [0.05, 0.1) is 0 Å². The topological polar surface area (TPSA) is 20.3 Å². The highest BCUT2D eigenvalue weighted by molar-refractivity contribution is 5.76. The maximum atomic E-state index is 11.3. The van der Waals surface area contributed by atoms with Gasteiger partial charge in [-0.25, -0.2) is 0 Å². The molecule has 0 saturated carbocycles. The third-order valence-corrected chi connectivity index (χ3v) is 2.40. The fraction of sp³-hybridized carbons (Fsp3) is 0.900. The van der Waals surface area contributed by atoms with Gasteiger partial charge in [-0.2, -0.15) is 0 Å². The molecule has 1 aliphatic rings. The fourth-order valence-electron chi connectivity index (χ4n) is 1.51. The molecule has 0 spiro atoms. The van der Waals surface area contributed by atoms with Crippen LogP contribution in [-0.2, 0) is 4.79 Å². The first kappa shape index (κ1) is 9.56. The van der Waals surface area contributed by atoms with Gasteiger partial charge >= 0.3 is 0 Å². The Balaban J connectivity index is 2.25. The number of likely N-dealkylation sites (tertiary alicyclic amines) is 1. The van der Waals surface area contributed by atoms with E-state index in [0.29, 0.717) is 11.8 Å². The van der Waals surface area contributed by atoms with Crippen LogP contribution in [0.4, 0.5) is 0 Å². The molecule has 0 bridgehead atoms. The van der Waals surface area contributed by atoms with E-state index >= 15 is 0 Å². The molecule has 70 valence electrons. The van der Waals surface area contributed by atoms with Crippen LogP contribution in [-0.4, -0.2) is 23.9 Å². The number of carbonyl (C=O) groups is 1. The average Bonchev–Trinajstić information content (AvgIpc) is 2.03. The Hall–Kier alpha value is -0.530. The second-order valence-electron chi connectivity index (χ2n) is 4.02. The second kappa shape index (κ2) is 4.48. The highest BCUT2D eigenvalue weighted by Gasteiger charge is 2.17. The van der Waals surface area contributed by atoms with Crippen molar-refractivity contribution in [1.82, 2.24) is 4.90 Å². The van der Waals surface area contributed by atoms with E-state index in [2.05, 4.69) is 13.8 Å². The molecular weight excluding hydrogens is 150 g/mol. The summed E-state index contributed by atoms with van der Waals surface area (Å²) in [6.45, 7) is 6.37.